The summed E-state index contributed by atoms with van der Waals surface area (Å²) in [7, 11) is 1.72. The van der Waals surface area contributed by atoms with Gasteiger partial charge in [0.25, 0.3) is 11.8 Å². The molecular formula is C10H9N3O2S2. The first-order valence-electron chi connectivity index (χ1n) is 5.07. The average Bonchev–Trinajstić information content (AvgIpc) is 2.84. The largest absolute Gasteiger partial charge is 0.274 e. The highest BCUT2D eigenvalue weighted by atomic mass is 32.2. The van der Waals surface area contributed by atoms with Crippen molar-refractivity contribution in [3.63, 3.8) is 0 Å². The maximum absolute atomic E-state index is 12.2. The maximum atomic E-state index is 12.2. The van der Waals surface area contributed by atoms with Crippen LogP contribution in [0.2, 0.25) is 0 Å². The van der Waals surface area contributed by atoms with Crippen molar-refractivity contribution in [2.24, 2.45) is 7.05 Å². The normalized spacial score (nSPS) is 20.2. The van der Waals surface area contributed by atoms with Gasteiger partial charge in [0.15, 0.2) is 0 Å². The third-order valence-corrected chi connectivity index (χ3v) is 5.14. The molecule has 1 aromatic rings. The summed E-state index contributed by atoms with van der Waals surface area (Å²) in [5, 5.41) is 3.99. The summed E-state index contributed by atoms with van der Waals surface area (Å²) in [6, 6.07) is 1.67. The van der Waals surface area contributed by atoms with Gasteiger partial charge in [-0.05, 0) is 0 Å². The van der Waals surface area contributed by atoms with E-state index in [1.165, 1.54) is 33.1 Å². The molecule has 0 unspecified atom stereocenters. The topological polar surface area (TPSA) is 55.2 Å². The van der Waals surface area contributed by atoms with Gasteiger partial charge in [0.2, 0.25) is 0 Å². The van der Waals surface area contributed by atoms with Crippen molar-refractivity contribution >= 4 is 41.2 Å². The van der Waals surface area contributed by atoms with E-state index >= 15 is 0 Å². The molecule has 2 aliphatic heterocycles. The van der Waals surface area contributed by atoms with Crippen molar-refractivity contribution in [2.75, 3.05) is 16.4 Å². The molecule has 0 saturated heterocycles. The lowest BCUT2D eigenvalue weighted by molar-refractivity contribution is -0.120. The Morgan fingerprint density at radius 1 is 1.18 bits per heavy atom. The molecule has 1 aromatic heterocycles. The van der Waals surface area contributed by atoms with E-state index in [1.54, 1.807) is 19.3 Å². The van der Waals surface area contributed by atoms with E-state index in [0.29, 0.717) is 15.6 Å². The first-order valence-corrected chi connectivity index (χ1v) is 7.04. The first kappa shape index (κ1) is 10.9. The highest BCUT2D eigenvalue weighted by Crippen LogP contribution is 2.41. The number of amides is 2. The van der Waals surface area contributed by atoms with Crippen LogP contribution in [-0.4, -0.2) is 33.1 Å². The molecule has 5 nitrogen and oxygen atoms in total. The molecule has 0 saturated carbocycles. The van der Waals surface area contributed by atoms with Crippen LogP contribution < -0.4 is 4.90 Å². The van der Waals surface area contributed by atoms with Gasteiger partial charge in [-0.1, -0.05) is 0 Å². The standard InChI is InChI=1S/C10H9N3O2S2/c1-12-6(2-3-11-12)13-9(14)7-8(10(13)15)17-5-4-16-7/h2-3H,4-5H2,1H3. The summed E-state index contributed by atoms with van der Waals surface area (Å²) in [4.78, 5) is 26.7. The van der Waals surface area contributed by atoms with Gasteiger partial charge in [0.1, 0.15) is 5.82 Å². The molecular weight excluding hydrogens is 258 g/mol. The van der Waals surface area contributed by atoms with E-state index in [9.17, 15) is 9.59 Å². The van der Waals surface area contributed by atoms with Crippen molar-refractivity contribution in [1.29, 1.82) is 0 Å². The van der Waals surface area contributed by atoms with Gasteiger partial charge in [0.05, 0.1) is 16.0 Å². The predicted octanol–water partition coefficient (Wildman–Crippen LogP) is 0.985. The number of carbonyl (C=O) groups excluding carboxylic acids is 2. The first-order chi connectivity index (χ1) is 8.20. The number of carbonyl (C=O) groups is 2. The molecule has 3 heterocycles. The molecule has 7 heteroatoms. The summed E-state index contributed by atoms with van der Waals surface area (Å²) in [6.07, 6.45) is 1.58. The van der Waals surface area contributed by atoms with Gasteiger partial charge in [-0.3, -0.25) is 14.3 Å². The number of thioether (sulfide) groups is 2. The molecule has 0 N–H and O–H groups in total. The van der Waals surface area contributed by atoms with Crippen LogP contribution in [0.5, 0.6) is 0 Å². The average molecular weight is 267 g/mol. The fourth-order valence-electron chi connectivity index (χ4n) is 1.83. The molecule has 2 amide bonds. The van der Waals surface area contributed by atoms with Gasteiger partial charge in [-0.2, -0.15) is 5.10 Å². The molecule has 88 valence electrons. The van der Waals surface area contributed by atoms with Gasteiger partial charge in [-0.25, -0.2) is 4.90 Å². The van der Waals surface area contributed by atoms with Crippen LogP contribution >= 0.6 is 23.5 Å². The van der Waals surface area contributed by atoms with E-state index in [1.807, 2.05) is 0 Å². The van der Waals surface area contributed by atoms with Gasteiger partial charge >= 0.3 is 0 Å². The molecule has 0 aliphatic carbocycles. The van der Waals surface area contributed by atoms with Crippen LogP contribution in [0.15, 0.2) is 22.1 Å². The molecule has 0 atom stereocenters. The van der Waals surface area contributed by atoms with E-state index in [0.717, 1.165) is 11.5 Å². The predicted molar refractivity (Wildman–Crippen MR) is 67.6 cm³/mol. The molecule has 0 bridgehead atoms. The minimum Gasteiger partial charge on any atom is -0.267 e. The Hall–Kier alpha value is -1.21. The second-order valence-electron chi connectivity index (χ2n) is 3.61. The molecule has 0 spiro atoms. The Labute approximate surface area is 106 Å². The van der Waals surface area contributed by atoms with Crippen molar-refractivity contribution in [3.05, 3.63) is 22.1 Å². The van der Waals surface area contributed by atoms with Gasteiger partial charge < -0.3 is 0 Å². The second kappa shape index (κ2) is 3.92. The van der Waals surface area contributed by atoms with Crippen LogP contribution in [0.4, 0.5) is 5.82 Å². The number of imide groups is 1. The Kier molecular flexibility index (Phi) is 2.52. The van der Waals surface area contributed by atoms with Crippen LogP contribution in [0, 0.1) is 0 Å². The number of hydrogen-bond acceptors (Lipinski definition) is 5. The zero-order valence-electron chi connectivity index (χ0n) is 9.04. The summed E-state index contributed by atoms with van der Waals surface area (Å²) in [5.41, 5.74) is 0. The van der Waals surface area contributed by atoms with Crippen LogP contribution in [-0.2, 0) is 16.6 Å². The molecule has 3 rings (SSSR count). The molecule has 0 aromatic carbocycles. The Bertz CT molecular complexity index is 522. The minimum atomic E-state index is -0.217. The van der Waals surface area contributed by atoms with Crippen LogP contribution in [0.3, 0.4) is 0 Å². The van der Waals surface area contributed by atoms with Gasteiger partial charge in [-0.15, -0.1) is 23.5 Å². The maximum Gasteiger partial charge on any atom is 0.274 e. The second-order valence-corrected chi connectivity index (χ2v) is 5.82. The lowest BCUT2D eigenvalue weighted by Gasteiger charge is -2.13. The van der Waals surface area contributed by atoms with E-state index < -0.39 is 0 Å². The molecule has 0 radical (unpaired) electrons. The van der Waals surface area contributed by atoms with E-state index in [-0.39, 0.29) is 11.8 Å². The van der Waals surface area contributed by atoms with Gasteiger partial charge in [0, 0.05) is 24.6 Å². The number of aromatic nitrogens is 2. The smallest absolute Gasteiger partial charge is 0.267 e. The summed E-state index contributed by atoms with van der Waals surface area (Å²) >= 11 is 2.94. The van der Waals surface area contributed by atoms with E-state index in [4.69, 9.17) is 0 Å². The highest BCUT2D eigenvalue weighted by molar-refractivity contribution is 8.11. The third-order valence-electron chi connectivity index (χ3n) is 2.60. The third kappa shape index (κ3) is 1.53. The fourth-order valence-corrected chi connectivity index (χ4v) is 4.12. The number of aryl methyl sites for hydroxylation is 1. The summed E-state index contributed by atoms with van der Waals surface area (Å²) in [6.45, 7) is 0. The summed E-state index contributed by atoms with van der Waals surface area (Å²) in [5.74, 6) is 1.84. The van der Waals surface area contributed by atoms with Crippen molar-refractivity contribution < 1.29 is 9.59 Å². The molecule has 0 fully saturated rings. The Morgan fingerprint density at radius 2 is 1.76 bits per heavy atom. The monoisotopic (exact) mass is 267 g/mol. The quantitative estimate of drug-likeness (QED) is 0.710. The minimum absolute atomic E-state index is 0.217. The number of anilines is 1. The van der Waals surface area contributed by atoms with Crippen molar-refractivity contribution in [2.45, 2.75) is 0 Å². The van der Waals surface area contributed by atoms with Crippen LogP contribution in [0.25, 0.3) is 0 Å². The molecule has 17 heavy (non-hydrogen) atoms. The number of hydrogen-bond donors (Lipinski definition) is 0. The zero-order chi connectivity index (χ0) is 12.0. The van der Waals surface area contributed by atoms with E-state index in [2.05, 4.69) is 5.10 Å². The lowest BCUT2D eigenvalue weighted by Crippen LogP contribution is -2.32. The highest BCUT2D eigenvalue weighted by Gasteiger charge is 2.42. The lowest BCUT2D eigenvalue weighted by atomic mass is 10.5. The fraction of sp³-hybridized carbons (Fsp3) is 0.300. The number of nitrogens with zero attached hydrogens (tertiary/aromatic N) is 3. The zero-order valence-corrected chi connectivity index (χ0v) is 10.7. The Morgan fingerprint density at radius 3 is 2.24 bits per heavy atom. The Balaban J connectivity index is 2.04. The molecule has 2 aliphatic rings. The SMILES string of the molecule is Cn1nccc1N1C(=O)C2=C(SCCS2)C1=O. The van der Waals surface area contributed by atoms with Crippen molar-refractivity contribution in [3.8, 4) is 0 Å². The van der Waals surface area contributed by atoms with Crippen LogP contribution in [0.1, 0.15) is 0 Å². The van der Waals surface area contributed by atoms with Crippen molar-refractivity contribution in [1.82, 2.24) is 9.78 Å². The summed E-state index contributed by atoms with van der Waals surface area (Å²) < 4.78 is 1.53. The number of rotatable bonds is 1.